The van der Waals surface area contributed by atoms with E-state index in [2.05, 4.69) is 253 Å². The normalized spacial score (nSPS) is 16.6. The van der Waals surface area contributed by atoms with E-state index in [9.17, 15) is 0 Å². The zero-order valence-corrected chi connectivity index (χ0v) is 37.6. The Morgan fingerprint density at radius 3 is 1.60 bits per heavy atom. The van der Waals surface area contributed by atoms with Gasteiger partial charge in [0.15, 0.2) is 0 Å². The fraction of sp³-hybridized carbons (Fsp3) is 0.0952. The van der Waals surface area contributed by atoms with Crippen molar-refractivity contribution in [3.05, 3.63) is 270 Å². The van der Waals surface area contributed by atoms with Gasteiger partial charge in [0, 0.05) is 63.2 Å². The number of allylic oxidation sites excluding steroid dienone is 3. The SMILES string of the molecule is CC1(C)c2ccccc2-c2ccc(N3c4ccc(N(C5=CCCC=C5)c5ccccc5)cc4C4(c5ccccc5-c5cnccc54)c4cc(N(c5ccccc5)c5ccccc5)ccc43)cc21. The van der Waals surface area contributed by atoms with Crippen LogP contribution in [0.25, 0.3) is 22.3 Å². The lowest BCUT2D eigenvalue weighted by Gasteiger charge is -2.46. The van der Waals surface area contributed by atoms with E-state index in [-0.39, 0.29) is 5.41 Å². The van der Waals surface area contributed by atoms with Gasteiger partial charge in [-0.05, 0) is 160 Å². The Morgan fingerprint density at radius 2 is 0.970 bits per heavy atom. The van der Waals surface area contributed by atoms with Crippen molar-refractivity contribution in [3.63, 3.8) is 0 Å². The minimum atomic E-state index is -0.716. The van der Waals surface area contributed by atoms with Gasteiger partial charge in [-0.15, -0.1) is 0 Å². The highest BCUT2D eigenvalue weighted by Crippen LogP contribution is 2.65. The number of aromatic nitrogens is 1. The maximum Gasteiger partial charge on any atom is 0.0756 e. The molecule has 1 aromatic heterocycles. The first kappa shape index (κ1) is 39.2. The molecule has 13 rings (SSSR count). The van der Waals surface area contributed by atoms with Crippen LogP contribution in [0.1, 0.15) is 60.1 Å². The summed E-state index contributed by atoms with van der Waals surface area (Å²) >= 11 is 0. The Hall–Kier alpha value is -8.21. The summed E-state index contributed by atoms with van der Waals surface area (Å²) in [6, 6.07) is 74.2. The molecule has 0 amide bonds. The van der Waals surface area contributed by atoms with Gasteiger partial charge in [-0.1, -0.05) is 135 Å². The fourth-order valence-electron chi connectivity index (χ4n) is 11.8. The number of rotatable bonds is 7. The summed E-state index contributed by atoms with van der Waals surface area (Å²) < 4.78 is 0. The van der Waals surface area contributed by atoms with E-state index in [0.29, 0.717) is 0 Å². The molecule has 0 fully saturated rings. The average Bonchev–Trinajstić information content (AvgIpc) is 3.81. The Balaban J connectivity index is 1.14. The molecule has 8 aromatic carbocycles. The van der Waals surface area contributed by atoms with Gasteiger partial charge in [0.2, 0.25) is 0 Å². The predicted molar refractivity (Wildman–Crippen MR) is 277 cm³/mol. The van der Waals surface area contributed by atoms with Crippen molar-refractivity contribution >= 4 is 45.5 Å². The van der Waals surface area contributed by atoms with Crippen LogP contribution < -0.4 is 14.7 Å². The molecule has 3 aliphatic carbocycles. The van der Waals surface area contributed by atoms with Crippen molar-refractivity contribution in [2.75, 3.05) is 14.7 Å². The maximum atomic E-state index is 4.80. The van der Waals surface area contributed by atoms with Crippen LogP contribution in [0.5, 0.6) is 0 Å². The van der Waals surface area contributed by atoms with Crippen LogP contribution in [-0.4, -0.2) is 4.98 Å². The smallest absolute Gasteiger partial charge is 0.0756 e. The summed E-state index contributed by atoms with van der Waals surface area (Å²) in [5.74, 6) is 0. The van der Waals surface area contributed by atoms with E-state index < -0.39 is 5.41 Å². The molecule has 4 nitrogen and oxygen atoms in total. The topological polar surface area (TPSA) is 22.6 Å². The summed E-state index contributed by atoms with van der Waals surface area (Å²) in [4.78, 5) is 12.2. The molecule has 320 valence electrons. The number of benzene rings is 8. The number of hydrogen-bond acceptors (Lipinski definition) is 4. The van der Waals surface area contributed by atoms with E-state index in [1.54, 1.807) is 0 Å². The van der Waals surface area contributed by atoms with E-state index in [0.717, 1.165) is 63.9 Å². The number of fused-ring (bicyclic) bond motifs is 12. The van der Waals surface area contributed by atoms with Crippen molar-refractivity contribution in [3.8, 4) is 22.3 Å². The summed E-state index contributed by atoms with van der Waals surface area (Å²) in [6.07, 6.45) is 13.1. The fourth-order valence-corrected chi connectivity index (χ4v) is 11.8. The molecule has 1 unspecified atom stereocenters. The lowest BCUT2D eigenvalue weighted by molar-refractivity contribution is 0.660. The average molecular weight is 861 g/mol. The zero-order valence-electron chi connectivity index (χ0n) is 37.6. The van der Waals surface area contributed by atoms with E-state index in [1.807, 2.05) is 6.20 Å². The highest BCUT2D eigenvalue weighted by molar-refractivity contribution is 5.98. The molecular weight excluding hydrogens is 813 g/mol. The number of anilines is 8. The Kier molecular flexibility index (Phi) is 8.88. The summed E-state index contributed by atoms with van der Waals surface area (Å²) in [6.45, 7) is 4.75. The lowest BCUT2D eigenvalue weighted by atomic mass is 9.64. The third-order valence-electron chi connectivity index (χ3n) is 14.7. The predicted octanol–water partition coefficient (Wildman–Crippen LogP) is 16.4. The van der Waals surface area contributed by atoms with Crippen LogP contribution in [0, 0.1) is 0 Å². The molecule has 1 aliphatic heterocycles. The van der Waals surface area contributed by atoms with Crippen LogP contribution >= 0.6 is 0 Å². The van der Waals surface area contributed by atoms with Crippen LogP contribution in [-0.2, 0) is 10.8 Å². The minimum absolute atomic E-state index is 0.169. The Morgan fingerprint density at radius 1 is 0.433 bits per heavy atom. The second-order valence-electron chi connectivity index (χ2n) is 18.6. The first-order valence-electron chi connectivity index (χ1n) is 23.5. The summed E-state index contributed by atoms with van der Waals surface area (Å²) in [5.41, 5.74) is 21.9. The highest BCUT2D eigenvalue weighted by Gasteiger charge is 2.52. The van der Waals surface area contributed by atoms with Crippen molar-refractivity contribution in [1.29, 1.82) is 0 Å². The molecule has 0 radical (unpaired) electrons. The van der Waals surface area contributed by atoms with Crippen molar-refractivity contribution in [2.45, 2.75) is 37.5 Å². The maximum absolute atomic E-state index is 4.80. The van der Waals surface area contributed by atoms with Gasteiger partial charge in [0.05, 0.1) is 16.8 Å². The molecule has 0 saturated heterocycles. The van der Waals surface area contributed by atoms with Crippen molar-refractivity contribution < 1.29 is 0 Å². The highest BCUT2D eigenvalue weighted by atomic mass is 15.2. The van der Waals surface area contributed by atoms with Crippen LogP contribution in [0.3, 0.4) is 0 Å². The second-order valence-corrected chi connectivity index (χ2v) is 18.6. The van der Waals surface area contributed by atoms with Gasteiger partial charge in [-0.25, -0.2) is 0 Å². The van der Waals surface area contributed by atoms with Gasteiger partial charge in [0.25, 0.3) is 0 Å². The molecule has 0 N–H and O–H groups in total. The minimum Gasteiger partial charge on any atom is -0.311 e. The van der Waals surface area contributed by atoms with Crippen LogP contribution in [0.2, 0.25) is 0 Å². The molecule has 4 aliphatic rings. The lowest BCUT2D eigenvalue weighted by Crippen LogP contribution is -2.37. The largest absolute Gasteiger partial charge is 0.311 e. The number of pyridine rings is 1. The monoisotopic (exact) mass is 860 g/mol. The Bertz CT molecular complexity index is 3370. The third-order valence-corrected chi connectivity index (χ3v) is 14.7. The Labute approximate surface area is 393 Å². The van der Waals surface area contributed by atoms with Crippen LogP contribution in [0.4, 0.5) is 45.5 Å². The second kappa shape index (κ2) is 15.2. The molecule has 0 saturated carbocycles. The number of hydrogen-bond donors (Lipinski definition) is 0. The standard InChI is InChI=1S/C63H48N4/c1-62(2)54-29-17-15-27-50(54)52-34-31-49(39-57(52)62)67-60-35-32-47(65(43-19-7-3-8-20-43)44-21-9-4-10-22-44)40-58(60)63(55-30-18-16-28-51(55)53-42-64-38-37-56(53)63)59-41-48(33-36-61(59)67)66(45-23-11-5-12-24-45)46-25-13-6-14-26-46/h3-5,7-13,15-42H,6,14H2,1-2H3. The molecule has 0 bridgehead atoms. The molecule has 67 heavy (non-hydrogen) atoms. The molecule has 1 atom stereocenters. The van der Waals surface area contributed by atoms with Crippen molar-refractivity contribution in [2.24, 2.45) is 0 Å². The molecule has 1 spiro atoms. The van der Waals surface area contributed by atoms with Crippen molar-refractivity contribution in [1.82, 2.24) is 4.98 Å². The summed E-state index contributed by atoms with van der Waals surface area (Å²) in [5, 5.41) is 0. The zero-order chi connectivity index (χ0) is 44.7. The third kappa shape index (κ3) is 5.82. The molecule has 9 aromatic rings. The molecule has 4 heteroatoms. The van der Waals surface area contributed by atoms with Crippen LogP contribution in [0.15, 0.2) is 237 Å². The first-order chi connectivity index (χ1) is 33.0. The van der Waals surface area contributed by atoms with E-state index >= 15 is 0 Å². The van der Waals surface area contributed by atoms with E-state index in [4.69, 9.17) is 4.98 Å². The molecular formula is C63H48N4. The first-order valence-corrected chi connectivity index (χ1v) is 23.5. The van der Waals surface area contributed by atoms with Gasteiger partial charge in [-0.2, -0.15) is 0 Å². The van der Waals surface area contributed by atoms with Gasteiger partial charge < -0.3 is 14.7 Å². The van der Waals surface area contributed by atoms with Gasteiger partial charge in [0.1, 0.15) is 0 Å². The van der Waals surface area contributed by atoms with Gasteiger partial charge >= 0.3 is 0 Å². The number of nitrogens with zero attached hydrogens (tertiary/aromatic N) is 4. The van der Waals surface area contributed by atoms with E-state index in [1.165, 1.54) is 55.8 Å². The van der Waals surface area contributed by atoms with Gasteiger partial charge in [-0.3, -0.25) is 4.98 Å². The molecule has 2 heterocycles. The number of para-hydroxylation sites is 3. The quantitative estimate of drug-likeness (QED) is 0.159. The summed E-state index contributed by atoms with van der Waals surface area (Å²) in [7, 11) is 0.